The van der Waals surface area contributed by atoms with Crippen molar-refractivity contribution in [3.8, 4) is 0 Å². The van der Waals surface area contributed by atoms with Crippen LogP contribution in [0, 0.1) is 5.92 Å². The summed E-state index contributed by atoms with van der Waals surface area (Å²) in [5, 5.41) is 1.27. The van der Waals surface area contributed by atoms with Gasteiger partial charge in [-0.1, -0.05) is 36.2 Å². The van der Waals surface area contributed by atoms with E-state index in [2.05, 4.69) is 13.0 Å². The van der Waals surface area contributed by atoms with Crippen molar-refractivity contribution >= 4 is 23.2 Å². The Bertz CT molecular complexity index is 380. The normalized spacial score (nSPS) is 30.0. The maximum absolute atomic E-state index is 6.13. The van der Waals surface area contributed by atoms with Crippen molar-refractivity contribution in [3.05, 3.63) is 33.8 Å². The average molecular weight is 272 g/mol. The van der Waals surface area contributed by atoms with Crippen LogP contribution in [0.25, 0.3) is 0 Å². The highest BCUT2D eigenvalue weighted by molar-refractivity contribution is 6.42. The van der Waals surface area contributed by atoms with Gasteiger partial charge in [0.15, 0.2) is 0 Å². The minimum Gasteiger partial charge on any atom is -0.328 e. The fourth-order valence-corrected chi connectivity index (χ4v) is 3.03. The van der Waals surface area contributed by atoms with Gasteiger partial charge < -0.3 is 5.73 Å². The van der Waals surface area contributed by atoms with Crippen LogP contribution in [0.4, 0.5) is 0 Å². The second kappa shape index (κ2) is 5.60. The van der Waals surface area contributed by atoms with Crippen LogP contribution in [0.15, 0.2) is 18.2 Å². The van der Waals surface area contributed by atoms with Gasteiger partial charge in [0.1, 0.15) is 0 Å². The van der Waals surface area contributed by atoms with E-state index in [1.165, 1.54) is 18.4 Å². The molecule has 1 nitrogen and oxygen atoms in total. The maximum Gasteiger partial charge on any atom is 0.0595 e. The summed E-state index contributed by atoms with van der Waals surface area (Å²) in [6.45, 7) is 2.31. The molecule has 2 rings (SSSR count). The van der Waals surface area contributed by atoms with E-state index in [9.17, 15) is 0 Å². The van der Waals surface area contributed by atoms with Crippen LogP contribution in [-0.2, 0) is 0 Å². The van der Waals surface area contributed by atoms with E-state index in [-0.39, 0.29) is 0 Å². The first kappa shape index (κ1) is 13.2. The molecule has 1 aromatic rings. The third kappa shape index (κ3) is 3.37. The van der Waals surface area contributed by atoms with Gasteiger partial charge in [-0.2, -0.15) is 0 Å². The van der Waals surface area contributed by atoms with Gasteiger partial charge >= 0.3 is 0 Å². The SMILES string of the molecule is CC1CCC(N)CC(c2ccc(Cl)c(Cl)c2)C1. The van der Waals surface area contributed by atoms with E-state index in [0.29, 0.717) is 22.0 Å². The predicted molar refractivity (Wildman–Crippen MR) is 74.8 cm³/mol. The van der Waals surface area contributed by atoms with E-state index >= 15 is 0 Å². The lowest BCUT2D eigenvalue weighted by molar-refractivity contribution is 0.471. The molecular weight excluding hydrogens is 253 g/mol. The zero-order valence-corrected chi connectivity index (χ0v) is 11.6. The van der Waals surface area contributed by atoms with Crippen LogP contribution in [0.5, 0.6) is 0 Å². The fourth-order valence-electron chi connectivity index (χ4n) is 2.72. The first-order valence-corrected chi connectivity index (χ1v) is 7.02. The quantitative estimate of drug-likeness (QED) is 0.742. The molecule has 1 aliphatic carbocycles. The molecule has 0 radical (unpaired) electrons. The Kier molecular flexibility index (Phi) is 4.35. The monoisotopic (exact) mass is 271 g/mol. The van der Waals surface area contributed by atoms with Crippen molar-refractivity contribution in [2.24, 2.45) is 11.7 Å². The highest BCUT2D eigenvalue weighted by atomic mass is 35.5. The molecule has 1 saturated carbocycles. The second-order valence-corrected chi connectivity index (χ2v) is 6.10. The lowest BCUT2D eigenvalue weighted by Crippen LogP contribution is -2.20. The average Bonchev–Trinajstić information content (AvgIpc) is 2.45. The largest absolute Gasteiger partial charge is 0.328 e. The summed E-state index contributed by atoms with van der Waals surface area (Å²) in [5.41, 5.74) is 7.41. The molecule has 0 spiro atoms. The molecule has 0 bridgehead atoms. The predicted octanol–water partition coefficient (Wildman–Crippen LogP) is 4.61. The van der Waals surface area contributed by atoms with Gasteiger partial charge in [-0.05, 0) is 55.2 Å². The Labute approximate surface area is 113 Å². The van der Waals surface area contributed by atoms with Crippen LogP contribution in [0.3, 0.4) is 0 Å². The molecule has 0 aliphatic heterocycles. The molecule has 0 amide bonds. The molecule has 3 heteroatoms. The third-order valence-corrected chi connectivity index (χ3v) is 4.46. The molecule has 94 valence electrons. The molecule has 17 heavy (non-hydrogen) atoms. The van der Waals surface area contributed by atoms with Gasteiger partial charge in [0, 0.05) is 6.04 Å². The summed E-state index contributed by atoms with van der Waals surface area (Å²) in [6.07, 6.45) is 4.63. The fraction of sp³-hybridized carbons (Fsp3) is 0.571. The topological polar surface area (TPSA) is 26.0 Å². The van der Waals surface area contributed by atoms with Gasteiger partial charge in [-0.3, -0.25) is 0 Å². The standard InChI is InChI=1S/C14H19Cl2N/c1-9-2-4-12(17)7-11(6-9)10-3-5-13(15)14(16)8-10/h3,5,8-9,11-12H,2,4,6-7,17H2,1H3. The number of hydrogen-bond acceptors (Lipinski definition) is 1. The summed E-state index contributed by atoms with van der Waals surface area (Å²) in [4.78, 5) is 0. The number of hydrogen-bond donors (Lipinski definition) is 1. The van der Waals surface area contributed by atoms with Crippen LogP contribution >= 0.6 is 23.2 Å². The minimum atomic E-state index is 0.319. The van der Waals surface area contributed by atoms with E-state index < -0.39 is 0 Å². The minimum absolute atomic E-state index is 0.319. The molecule has 3 atom stereocenters. The molecular formula is C14H19Cl2N. The summed E-state index contributed by atoms with van der Waals surface area (Å²) in [7, 11) is 0. The lowest BCUT2D eigenvalue weighted by Gasteiger charge is -2.19. The number of benzene rings is 1. The molecule has 1 fully saturated rings. The lowest BCUT2D eigenvalue weighted by atomic mass is 9.88. The molecule has 0 heterocycles. The van der Waals surface area contributed by atoms with Crippen molar-refractivity contribution in [2.45, 2.75) is 44.6 Å². The van der Waals surface area contributed by atoms with Crippen molar-refractivity contribution in [2.75, 3.05) is 0 Å². The van der Waals surface area contributed by atoms with E-state index in [0.717, 1.165) is 18.8 Å². The van der Waals surface area contributed by atoms with Crippen LogP contribution in [-0.4, -0.2) is 6.04 Å². The van der Waals surface area contributed by atoms with E-state index in [4.69, 9.17) is 28.9 Å². The Morgan fingerprint density at radius 1 is 1.12 bits per heavy atom. The van der Waals surface area contributed by atoms with Gasteiger partial charge in [-0.25, -0.2) is 0 Å². The van der Waals surface area contributed by atoms with Crippen LogP contribution in [0.2, 0.25) is 10.0 Å². The molecule has 2 N–H and O–H groups in total. The Balaban J connectivity index is 2.21. The molecule has 1 aliphatic rings. The van der Waals surface area contributed by atoms with Gasteiger partial charge in [0.05, 0.1) is 10.0 Å². The van der Waals surface area contributed by atoms with E-state index in [1.54, 1.807) is 0 Å². The third-order valence-electron chi connectivity index (χ3n) is 3.72. The first-order valence-electron chi connectivity index (χ1n) is 6.26. The van der Waals surface area contributed by atoms with Gasteiger partial charge in [-0.15, -0.1) is 0 Å². The molecule has 1 aromatic carbocycles. The zero-order chi connectivity index (χ0) is 12.4. The number of halogens is 2. The molecule has 0 aromatic heterocycles. The summed E-state index contributed by atoms with van der Waals surface area (Å²) < 4.78 is 0. The second-order valence-electron chi connectivity index (χ2n) is 5.28. The van der Waals surface area contributed by atoms with Crippen LogP contribution < -0.4 is 5.73 Å². The Morgan fingerprint density at radius 3 is 2.59 bits per heavy atom. The summed E-state index contributed by atoms with van der Waals surface area (Å²) in [6, 6.07) is 6.29. The molecule has 3 unspecified atom stereocenters. The number of nitrogens with two attached hydrogens (primary N) is 1. The maximum atomic E-state index is 6.13. The van der Waals surface area contributed by atoms with Crippen LogP contribution in [0.1, 0.15) is 44.1 Å². The number of rotatable bonds is 1. The van der Waals surface area contributed by atoms with Gasteiger partial charge in [0.25, 0.3) is 0 Å². The summed E-state index contributed by atoms with van der Waals surface area (Å²) in [5.74, 6) is 1.26. The zero-order valence-electron chi connectivity index (χ0n) is 10.1. The first-order chi connectivity index (χ1) is 8.06. The van der Waals surface area contributed by atoms with Crippen molar-refractivity contribution in [1.82, 2.24) is 0 Å². The Morgan fingerprint density at radius 2 is 1.88 bits per heavy atom. The van der Waals surface area contributed by atoms with Crippen molar-refractivity contribution < 1.29 is 0 Å². The highest BCUT2D eigenvalue weighted by Gasteiger charge is 2.23. The van der Waals surface area contributed by atoms with Crippen molar-refractivity contribution in [1.29, 1.82) is 0 Å². The smallest absolute Gasteiger partial charge is 0.0595 e. The molecule has 0 saturated heterocycles. The van der Waals surface area contributed by atoms with Gasteiger partial charge in [0.2, 0.25) is 0 Å². The van der Waals surface area contributed by atoms with E-state index in [1.807, 2.05) is 12.1 Å². The Hall–Kier alpha value is -0.240. The van der Waals surface area contributed by atoms with Crippen molar-refractivity contribution in [3.63, 3.8) is 0 Å². The summed E-state index contributed by atoms with van der Waals surface area (Å²) >= 11 is 12.0. The highest BCUT2D eigenvalue weighted by Crippen LogP contribution is 2.36.